The zero-order valence-corrected chi connectivity index (χ0v) is 19.7. The molecule has 0 saturated carbocycles. The Morgan fingerprint density at radius 2 is 1.81 bits per heavy atom. The molecule has 0 radical (unpaired) electrons. The smallest absolute Gasteiger partial charge is 0.250 e. The molecule has 168 valence electrons. The Labute approximate surface area is 191 Å². The maximum Gasteiger partial charge on any atom is 0.250 e. The summed E-state index contributed by atoms with van der Waals surface area (Å²) in [7, 11) is 2.59. The Morgan fingerprint density at radius 1 is 1.09 bits per heavy atom. The van der Waals surface area contributed by atoms with Crippen molar-refractivity contribution < 1.29 is 22.7 Å². The molecule has 3 aromatic rings. The van der Waals surface area contributed by atoms with Gasteiger partial charge in [-0.05, 0) is 30.3 Å². The largest absolute Gasteiger partial charge is 0.497 e. The van der Waals surface area contributed by atoms with Gasteiger partial charge in [0, 0.05) is 42.7 Å². The summed E-state index contributed by atoms with van der Waals surface area (Å²) in [5.41, 5.74) is 2.12. The third-order valence-electron chi connectivity index (χ3n) is 4.52. The molecule has 8 nitrogen and oxygen atoms in total. The average molecular weight is 474 g/mol. The van der Waals surface area contributed by atoms with E-state index in [1.807, 2.05) is 0 Å². The molecule has 1 aromatic heterocycles. The number of hydrogen-bond donors (Lipinski definition) is 1. The van der Waals surface area contributed by atoms with Crippen molar-refractivity contribution in [1.82, 2.24) is 9.29 Å². The van der Waals surface area contributed by atoms with Crippen LogP contribution in [-0.2, 0) is 14.8 Å². The molecule has 0 aliphatic rings. The van der Waals surface area contributed by atoms with Crippen LogP contribution >= 0.6 is 11.3 Å². The number of anilines is 1. The lowest BCUT2D eigenvalue weighted by Crippen LogP contribution is -2.22. The molecule has 0 spiro atoms. The number of rotatable bonds is 8. The highest BCUT2D eigenvalue weighted by molar-refractivity contribution is 7.89. The predicted molar refractivity (Wildman–Crippen MR) is 126 cm³/mol. The van der Waals surface area contributed by atoms with Crippen LogP contribution in [-0.4, -0.2) is 51.9 Å². The Hall–Kier alpha value is -3.21. The van der Waals surface area contributed by atoms with E-state index in [2.05, 4.69) is 10.3 Å². The third kappa shape index (κ3) is 5.34. The number of thiazole rings is 1. The summed E-state index contributed by atoms with van der Waals surface area (Å²) in [5.74, 6) is 0.909. The first-order chi connectivity index (χ1) is 15.2. The number of carbonyl (C=O) groups excluding carboxylic acids is 1. The molecule has 1 heterocycles. The molecule has 1 N–H and O–H groups in total. The van der Waals surface area contributed by atoms with E-state index < -0.39 is 10.0 Å². The number of aromatic nitrogens is 1. The highest BCUT2D eigenvalue weighted by Crippen LogP contribution is 2.27. The minimum absolute atomic E-state index is 0.203. The van der Waals surface area contributed by atoms with Crippen molar-refractivity contribution in [2.75, 3.05) is 33.6 Å². The number of benzene rings is 2. The molecular weight excluding hydrogens is 450 g/mol. The molecule has 0 fully saturated rings. The van der Waals surface area contributed by atoms with Gasteiger partial charge in [-0.25, -0.2) is 17.7 Å². The molecule has 0 bridgehead atoms. The first-order valence-electron chi connectivity index (χ1n) is 9.44. The van der Waals surface area contributed by atoms with Crippen LogP contribution < -0.4 is 14.8 Å². The minimum Gasteiger partial charge on any atom is -0.497 e. The van der Waals surface area contributed by atoms with Gasteiger partial charge in [0.05, 0.1) is 24.8 Å². The van der Waals surface area contributed by atoms with Crippen molar-refractivity contribution in [3.8, 4) is 22.8 Å². The maximum atomic E-state index is 12.3. The summed E-state index contributed by atoms with van der Waals surface area (Å²) in [6.45, 7) is 0. The number of amides is 1. The molecule has 0 aliphatic carbocycles. The van der Waals surface area contributed by atoms with Crippen LogP contribution in [0.1, 0.15) is 5.56 Å². The number of hydrogen-bond acceptors (Lipinski definition) is 7. The average Bonchev–Trinajstić information content (AvgIpc) is 3.25. The van der Waals surface area contributed by atoms with Gasteiger partial charge in [0.1, 0.15) is 11.5 Å². The Bertz CT molecular complexity index is 1230. The highest BCUT2D eigenvalue weighted by atomic mass is 32.2. The monoisotopic (exact) mass is 473 g/mol. The number of sulfonamides is 1. The second kappa shape index (κ2) is 9.94. The Morgan fingerprint density at radius 3 is 2.44 bits per heavy atom. The summed E-state index contributed by atoms with van der Waals surface area (Å²) in [6.07, 6.45) is 3.04. The van der Waals surface area contributed by atoms with E-state index in [-0.39, 0.29) is 10.8 Å². The van der Waals surface area contributed by atoms with Crippen molar-refractivity contribution in [3.63, 3.8) is 0 Å². The molecule has 0 atom stereocenters. The molecule has 0 aliphatic heterocycles. The lowest BCUT2D eigenvalue weighted by molar-refractivity contribution is -0.111. The van der Waals surface area contributed by atoms with E-state index in [1.54, 1.807) is 56.0 Å². The fourth-order valence-corrected chi connectivity index (χ4v) is 4.37. The number of methoxy groups -OCH3 is 2. The van der Waals surface area contributed by atoms with E-state index in [0.29, 0.717) is 22.3 Å². The van der Waals surface area contributed by atoms with Gasteiger partial charge in [-0.2, -0.15) is 0 Å². The van der Waals surface area contributed by atoms with E-state index in [0.717, 1.165) is 15.4 Å². The van der Waals surface area contributed by atoms with Crippen LogP contribution in [0.15, 0.2) is 58.8 Å². The fraction of sp³-hybridized carbons (Fsp3) is 0.182. The SMILES string of the molecule is COc1ccc(/C=C/C(=O)Nc2nc(-c3ccc(S(=O)(=O)N(C)C)cc3)cs2)c(OC)c1. The lowest BCUT2D eigenvalue weighted by Gasteiger charge is -2.11. The number of carbonyl (C=O) groups is 1. The zero-order chi connectivity index (χ0) is 23.3. The number of nitrogens with zero attached hydrogens (tertiary/aromatic N) is 2. The fourth-order valence-electron chi connectivity index (χ4n) is 2.74. The van der Waals surface area contributed by atoms with Gasteiger partial charge < -0.3 is 9.47 Å². The summed E-state index contributed by atoms with van der Waals surface area (Å²) in [5, 5.41) is 4.95. The van der Waals surface area contributed by atoms with E-state index >= 15 is 0 Å². The van der Waals surface area contributed by atoms with Crippen LogP contribution in [0.4, 0.5) is 5.13 Å². The van der Waals surface area contributed by atoms with Crippen molar-refractivity contribution >= 4 is 38.5 Å². The normalized spacial score (nSPS) is 11.7. The number of ether oxygens (including phenoxy) is 2. The van der Waals surface area contributed by atoms with Gasteiger partial charge in [-0.3, -0.25) is 10.1 Å². The first kappa shape index (κ1) is 23.5. The molecule has 0 unspecified atom stereocenters. The maximum absolute atomic E-state index is 12.3. The van der Waals surface area contributed by atoms with Gasteiger partial charge in [-0.1, -0.05) is 12.1 Å². The van der Waals surface area contributed by atoms with Crippen molar-refractivity contribution in [2.45, 2.75) is 4.90 Å². The van der Waals surface area contributed by atoms with Gasteiger partial charge in [0.2, 0.25) is 15.9 Å². The van der Waals surface area contributed by atoms with Gasteiger partial charge in [-0.15, -0.1) is 11.3 Å². The van der Waals surface area contributed by atoms with Crippen LogP contribution in [0.5, 0.6) is 11.5 Å². The molecule has 0 saturated heterocycles. The molecular formula is C22H23N3O5S2. The molecule has 2 aromatic carbocycles. The van der Waals surface area contributed by atoms with Gasteiger partial charge in [0.15, 0.2) is 5.13 Å². The zero-order valence-electron chi connectivity index (χ0n) is 18.0. The van der Waals surface area contributed by atoms with Gasteiger partial charge in [0.25, 0.3) is 0 Å². The van der Waals surface area contributed by atoms with E-state index in [4.69, 9.17) is 9.47 Å². The Balaban J connectivity index is 1.69. The topological polar surface area (TPSA) is 97.8 Å². The van der Waals surface area contributed by atoms with Crippen LogP contribution in [0, 0.1) is 0 Å². The number of nitrogens with one attached hydrogen (secondary N) is 1. The van der Waals surface area contributed by atoms with Crippen molar-refractivity contribution in [1.29, 1.82) is 0 Å². The third-order valence-corrected chi connectivity index (χ3v) is 7.10. The summed E-state index contributed by atoms with van der Waals surface area (Å²) in [6, 6.07) is 11.8. The quantitative estimate of drug-likeness (QED) is 0.501. The molecule has 1 amide bonds. The molecule has 10 heteroatoms. The standard InChI is InChI=1S/C22H23N3O5S2/c1-25(2)32(27,28)18-10-6-15(7-11-18)19-14-31-22(23-19)24-21(26)12-8-16-5-9-17(29-3)13-20(16)30-4/h5-14H,1-4H3,(H,23,24,26)/b12-8+. The van der Waals surface area contributed by atoms with Crippen molar-refractivity contribution in [3.05, 3.63) is 59.5 Å². The summed E-state index contributed by atoms with van der Waals surface area (Å²) < 4.78 is 36.0. The second-order valence-corrected chi connectivity index (χ2v) is 9.79. The van der Waals surface area contributed by atoms with E-state index in [1.165, 1.54) is 43.6 Å². The summed E-state index contributed by atoms with van der Waals surface area (Å²) in [4.78, 5) is 16.9. The Kier molecular flexibility index (Phi) is 7.29. The van der Waals surface area contributed by atoms with Crippen LogP contribution in [0.25, 0.3) is 17.3 Å². The molecule has 32 heavy (non-hydrogen) atoms. The molecule has 3 rings (SSSR count). The second-order valence-electron chi connectivity index (χ2n) is 6.78. The highest BCUT2D eigenvalue weighted by Gasteiger charge is 2.17. The van der Waals surface area contributed by atoms with E-state index in [9.17, 15) is 13.2 Å². The predicted octanol–water partition coefficient (Wildman–Crippen LogP) is 3.73. The van der Waals surface area contributed by atoms with Gasteiger partial charge >= 0.3 is 0 Å². The summed E-state index contributed by atoms with van der Waals surface area (Å²) >= 11 is 1.28. The van der Waals surface area contributed by atoms with Crippen molar-refractivity contribution in [2.24, 2.45) is 0 Å². The first-order valence-corrected chi connectivity index (χ1v) is 11.8. The minimum atomic E-state index is -3.49. The van der Waals surface area contributed by atoms with Crippen LogP contribution in [0.3, 0.4) is 0 Å². The van der Waals surface area contributed by atoms with Crippen LogP contribution in [0.2, 0.25) is 0 Å². The lowest BCUT2D eigenvalue weighted by atomic mass is 10.1.